The van der Waals surface area contributed by atoms with Crippen LogP contribution in [0.2, 0.25) is 13.1 Å². The van der Waals surface area contributed by atoms with Crippen molar-refractivity contribution in [1.82, 2.24) is 0 Å². The molecule has 0 aromatic carbocycles. The van der Waals surface area contributed by atoms with E-state index >= 15 is 0 Å². The molecule has 0 saturated carbocycles. The summed E-state index contributed by atoms with van der Waals surface area (Å²) in [5.74, 6) is -0.628. The van der Waals surface area contributed by atoms with Crippen LogP contribution in [0, 0.1) is 0 Å². The van der Waals surface area contributed by atoms with Crippen LogP contribution in [0.5, 0.6) is 0 Å². The highest BCUT2D eigenvalue weighted by molar-refractivity contribution is 6.73. The molecule has 60 valence electrons. The third-order valence-electron chi connectivity index (χ3n) is 0.932. The van der Waals surface area contributed by atoms with Crippen molar-refractivity contribution in [2.45, 2.75) is 26.1 Å². The first-order valence-corrected chi connectivity index (χ1v) is 5.82. The second kappa shape index (κ2) is 3.09. The van der Waals surface area contributed by atoms with E-state index in [1.165, 1.54) is 13.1 Å². The SMILES string of the molecule is CC(=O)O[Si](C)(C)C(F)F. The van der Waals surface area contributed by atoms with Crippen LogP contribution in [0.1, 0.15) is 6.92 Å². The van der Waals surface area contributed by atoms with Gasteiger partial charge in [0.25, 0.3) is 12.0 Å². The minimum Gasteiger partial charge on any atom is -0.514 e. The van der Waals surface area contributed by atoms with Crippen LogP contribution in [0.3, 0.4) is 0 Å². The molecule has 10 heavy (non-hydrogen) atoms. The van der Waals surface area contributed by atoms with E-state index in [0.29, 0.717) is 0 Å². The molecule has 0 unspecified atom stereocenters. The predicted octanol–water partition coefficient (Wildman–Crippen LogP) is 1.56. The quantitative estimate of drug-likeness (QED) is 0.585. The number of rotatable bonds is 2. The molecule has 0 aromatic rings. The zero-order valence-electron chi connectivity index (χ0n) is 6.15. The summed E-state index contributed by atoms with van der Waals surface area (Å²) >= 11 is 0. The maximum atomic E-state index is 12.0. The summed E-state index contributed by atoms with van der Waals surface area (Å²) in [6.07, 6.45) is 0. The van der Waals surface area contributed by atoms with Crippen LogP contribution >= 0.6 is 0 Å². The second-order valence-electron chi connectivity index (χ2n) is 2.50. The summed E-state index contributed by atoms with van der Waals surface area (Å²) in [6.45, 7) is 3.75. The first-order valence-electron chi connectivity index (χ1n) is 2.84. The zero-order valence-corrected chi connectivity index (χ0v) is 7.15. The van der Waals surface area contributed by atoms with Crippen LogP contribution < -0.4 is 0 Å². The number of carbonyl (C=O) groups excluding carboxylic acids is 1. The Kier molecular flexibility index (Phi) is 2.95. The van der Waals surface area contributed by atoms with Gasteiger partial charge in [0.15, 0.2) is 0 Å². The molecule has 0 radical (unpaired) electrons. The molecule has 0 rings (SSSR count). The first kappa shape index (κ1) is 9.55. The van der Waals surface area contributed by atoms with E-state index in [9.17, 15) is 13.6 Å². The van der Waals surface area contributed by atoms with E-state index in [1.807, 2.05) is 0 Å². The molecule has 2 nitrogen and oxygen atoms in total. The van der Waals surface area contributed by atoms with E-state index in [4.69, 9.17) is 0 Å². The molecule has 0 saturated heterocycles. The Labute approximate surface area is 59.3 Å². The maximum absolute atomic E-state index is 12.0. The largest absolute Gasteiger partial charge is 0.514 e. The molecule has 0 spiro atoms. The lowest BCUT2D eigenvalue weighted by molar-refractivity contribution is -0.133. The summed E-state index contributed by atoms with van der Waals surface area (Å²) in [7, 11) is -3.03. The monoisotopic (exact) mass is 168 g/mol. The number of halogens is 2. The molecule has 5 heteroatoms. The Morgan fingerprint density at radius 1 is 1.50 bits per heavy atom. The third kappa shape index (κ3) is 2.91. The summed E-state index contributed by atoms with van der Waals surface area (Å²) in [5.41, 5.74) is 0. The average Bonchev–Trinajstić information content (AvgIpc) is 1.60. The molecule has 0 heterocycles. The minimum absolute atomic E-state index is 0.628. The van der Waals surface area contributed by atoms with E-state index in [2.05, 4.69) is 4.43 Å². The predicted molar refractivity (Wildman–Crippen MR) is 35.3 cm³/mol. The van der Waals surface area contributed by atoms with Gasteiger partial charge in [-0.1, -0.05) is 0 Å². The molecule has 0 aliphatic rings. The third-order valence-corrected chi connectivity index (χ3v) is 2.80. The zero-order chi connectivity index (χ0) is 8.36. The number of alkyl halides is 2. The summed E-state index contributed by atoms with van der Waals surface area (Å²) < 4.78 is 28.4. The van der Waals surface area contributed by atoms with Crippen molar-refractivity contribution in [1.29, 1.82) is 0 Å². The summed E-state index contributed by atoms with van der Waals surface area (Å²) in [6, 6.07) is -2.50. The van der Waals surface area contributed by atoms with Crippen molar-refractivity contribution in [2.24, 2.45) is 0 Å². The van der Waals surface area contributed by atoms with Gasteiger partial charge < -0.3 is 4.43 Å². The van der Waals surface area contributed by atoms with Gasteiger partial charge >= 0.3 is 8.32 Å². The highest BCUT2D eigenvalue weighted by Crippen LogP contribution is 2.14. The second-order valence-corrected chi connectivity index (χ2v) is 6.35. The normalized spacial score (nSPS) is 11.8. The molecule has 0 atom stereocenters. The molecule has 0 bridgehead atoms. The fraction of sp³-hybridized carbons (Fsp3) is 0.800. The van der Waals surface area contributed by atoms with Gasteiger partial charge in [0.2, 0.25) is 0 Å². The van der Waals surface area contributed by atoms with Gasteiger partial charge in [0.05, 0.1) is 0 Å². The van der Waals surface area contributed by atoms with E-state index < -0.39 is 20.3 Å². The molecular formula is C5H10F2O2Si. The van der Waals surface area contributed by atoms with Crippen molar-refractivity contribution >= 4 is 14.3 Å². The molecule has 0 N–H and O–H groups in total. The van der Waals surface area contributed by atoms with E-state index in [0.717, 1.165) is 6.92 Å². The molecule has 0 aliphatic carbocycles. The van der Waals surface area contributed by atoms with Gasteiger partial charge in [0, 0.05) is 6.92 Å². The fourth-order valence-corrected chi connectivity index (χ4v) is 1.24. The highest BCUT2D eigenvalue weighted by atomic mass is 28.4. The van der Waals surface area contributed by atoms with Gasteiger partial charge in [-0.05, 0) is 13.1 Å². The Morgan fingerprint density at radius 3 is 2.00 bits per heavy atom. The summed E-state index contributed by atoms with van der Waals surface area (Å²) in [5, 5.41) is 0. The Bertz CT molecular complexity index is 136. The van der Waals surface area contributed by atoms with Crippen LogP contribution in [0.15, 0.2) is 0 Å². The Balaban J connectivity index is 3.99. The lowest BCUT2D eigenvalue weighted by Crippen LogP contribution is -2.41. The molecule has 0 amide bonds. The Hall–Kier alpha value is -0.453. The standard InChI is InChI=1S/C5H10F2O2Si/c1-4(8)9-10(2,3)5(6)7/h5H,1-3H3. The van der Waals surface area contributed by atoms with Crippen LogP contribution in [-0.2, 0) is 9.22 Å². The van der Waals surface area contributed by atoms with Crippen molar-refractivity contribution in [3.63, 3.8) is 0 Å². The number of hydrogen-bond donors (Lipinski definition) is 0. The lowest BCUT2D eigenvalue weighted by Gasteiger charge is -2.19. The van der Waals surface area contributed by atoms with Crippen molar-refractivity contribution in [3.8, 4) is 0 Å². The van der Waals surface area contributed by atoms with Gasteiger partial charge in [-0.3, -0.25) is 4.79 Å². The fourth-order valence-electron chi connectivity index (χ4n) is 0.415. The smallest absolute Gasteiger partial charge is 0.319 e. The van der Waals surface area contributed by atoms with Gasteiger partial charge in [-0.2, -0.15) is 0 Å². The maximum Gasteiger partial charge on any atom is 0.319 e. The molecule has 0 aromatic heterocycles. The Morgan fingerprint density at radius 2 is 1.90 bits per heavy atom. The topological polar surface area (TPSA) is 26.3 Å². The van der Waals surface area contributed by atoms with Crippen molar-refractivity contribution in [2.75, 3.05) is 0 Å². The van der Waals surface area contributed by atoms with Gasteiger partial charge in [0.1, 0.15) is 0 Å². The number of hydrogen-bond acceptors (Lipinski definition) is 2. The first-order chi connectivity index (χ1) is 4.36. The summed E-state index contributed by atoms with van der Waals surface area (Å²) in [4.78, 5) is 10.2. The molecule has 0 aliphatic heterocycles. The number of carbonyl (C=O) groups is 1. The van der Waals surface area contributed by atoms with E-state index in [-0.39, 0.29) is 0 Å². The van der Waals surface area contributed by atoms with Gasteiger partial charge in [-0.15, -0.1) is 0 Å². The molecular weight excluding hydrogens is 158 g/mol. The van der Waals surface area contributed by atoms with E-state index in [1.54, 1.807) is 0 Å². The molecule has 0 fully saturated rings. The van der Waals surface area contributed by atoms with Crippen molar-refractivity contribution in [3.05, 3.63) is 0 Å². The van der Waals surface area contributed by atoms with Crippen LogP contribution in [0.4, 0.5) is 8.78 Å². The van der Waals surface area contributed by atoms with Crippen molar-refractivity contribution < 1.29 is 18.0 Å². The average molecular weight is 168 g/mol. The highest BCUT2D eigenvalue weighted by Gasteiger charge is 2.37. The lowest BCUT2D eigenvalue weighted by atomic mass is 10.9. The van der Waals surface area contributed by atoms with Crippen LogP contribution in [-0.4, -0.2) is 20.3 Å². The van der Waals surface area contributed by atoms with Gasteiger partial charge in [-0.25, -0.2) is 8.78 Å². The minimum atomic E-state index is -3.03. The van der Waals surface area contributed by atoms with Crippen LogP contribution in [0.25, 0.3) is 0 Å².